The van der Waals surface area contributed by atoms with Crippen LogP contribution in [-0.2, 0) is 0 Å². The average Bonchev–Trinajstić information content (AvgIpc) is 2.67. The Bertz CT molecular complexity index is 1040. The number of nitriles is 1. The van der Waals surface area contributed by atoms with Crippen LogP contribution in [0.5, 0.6) is 5.75 Å². The van der Waals surface area contributed by atoms with Crippen LogP contribution in [0.15, 0.2) is 54.7 Å². The predicted molar refractivity (Wildman–Crippen MR) is 106 cm³/mol. The number of hydrogen-bond donors (Lipinski definition) is 2. The summed E-state index contributed by atoms with van der Waals surface area (Å²) in [6.45, 7) is 4.05. The maximum atomic E-state index is 8.94. The number of nitrogen functional groups attached to an aromatic ring is 1. The fourth-order valence-corrected chi connectivity index (χ4v) is 2.84. The first-order valence-electron chi connectivity index (χ1n) is 7.87. The van der Waals surface area contributed by atoms with Crippen molar-refractivity contribution in [3.05, 3.63) is 59.8 Å². The summed E-state index contributed by atoms with van der Waals surface area (Å²) in [7, 11) is 1.61. The van der Waals surface area contributed by atoms with E-state index in [-0.39, 0.29) is 0 Å². The Kier molecular flexibility index (Phi) is 4.97. The van der Waals surface area contributed by atoms with Crippen molar-refractivity contribution in [2.75, 3.05) is 24.7 Å². The van der Waals surface area contributed by atoms with E-state index in [1.807, 2.05) is 36.4 Å². The lowest BCUT2D eigenvalue weighted by Gasteiger charge is -2.15. The van der Waals surface area contributed by atoms with E-state index < -0.39 is 0 Å². The highest BCUT2D eigenvalue weighted by molar-refractivity contribution is 6.33. The Labute approximate surface area is 156 Å². The zero-order valence-corrected chi connectivity index (χ0v) is 15.0. The van der Waals surface area contributed by atoms with Crippen molar-refractivity contribution in [2.45, 2.75) is 0 Å². The molecule has 0 spiro atoms. The first-order chi connectivity index (χ1) is 12.5. The van der Waals surface area contributed by atoms with E-state index >= 15 is 0 Å². The number of aromatic nitrogens is 1. The van der Waals surface area contributed by atoms with E-state index in [9.17, 15) is 0 Å². The van der Waals surface area contributed by atoms with Crippen molar-refractivity contribution in [2.24, 2.45) is 0 Å². The summed E-state index contributed by atoms with van der Waals surface area (Å²) in [4.78, 5) is 4.12. The van der Waals surface area contributed by atoms with Crippen molar-refractivity contribution >= 4 is 33.9 Å². The summed E-state index contributed by atoms with van der Waals surface area (Å²) in [5.41, 5.74) is 8.75. The molecule has 0 aliphatic carbocycles. The molecule has 0 aliphatic rings. The molecule has 130 valence electrons. The topological polar surface area (TPSA) is 84.0 Å². The molecule has 1 aromatic heterocycles. The molecular formula is C20H17ClN4O. The van der Waals surface area contributed by atoms with E-state index in [2.05, 4.69) is 16.9 Å². The number of benzene rings is 2. The van der Waals surface area contributed by atoms with Crippen molar-refractivity contribution in [3.63, 3.8) is 0 Å². The van der Waals surface area contributed by atoms with Crippen LogP contribution in [0.2, 0.25) is 5.02 Å². The Hall–Kier alpha value is -3.23. The summed E-state index contributed by atoms with van der Waals surface area (Å²) in [6, 6.07) is 13.7. The minimum Gasteiger partial charge on any atom is -0.495 e. The molecule has 6 heteroatoms. The second-order valence-electron chi connectivity index (χ2n) is 5.74. The van der Waals surface area contributed by atoms with Crippen LogP contribution in [0.3, 0.4) is 0 Å². The molecule has 0 fully saturated rings. The maximum Gasteiger partial charge on any atom is 0.142 e. The molecule has 0 saturated carbocycles. The number of anilines is 2. The molecule has 0 radical (unpaired) electrons. The number of nitrogens with one attached hydrogen (secondary N) is 1. The molecule has 0 bridgehead atoms. The average molecular weight is 365 g/mol. The molecule has 0 unspecified atom stereocenters. The molecule has 3 N–H and O–H groups in total. The number of methoxy groups -OCH3 is 1. The maximum absolute atomic E-state index is 8.94. The number of halogens is 1. The van der Waals surface area contributed by atoms with Crippen molar-refractivity contribution < 1.29 is 4.74 Å². The molecule has 3 rings (SSSR count). The van der Waals surface area contributed by atoms with Crippen molar-refractivity contribution in [1.29, 1.82) is 5.26 Å². The SMILES string of the molecule is C=C(C#N)CNc1c(OC)ccc2ccc(-c3cnc(N)c(Cl)c3)cc12. The van der Waals surface area contributed by atoms with Crippen LogP contribution < -0.4 is 15.8 Å². The largest absolute Gasteiger partial charge is 0.495 e. The minimum absolute atomic E-state index is 0.301. The fourth-order valence-electron chi connectivity index (χ4n) is 2.67. The van der Waals surface area contributed by atoms with Crippen LogP contribution in [-0.4, -0.2) is 18.6 Å². The second-order valence-corrected chi connectivity index (χ2v) is 6.15. The van der Waals surface area contributed by atoms with Gasteiger partial charge in [-0.25, -0.2) is 4.98 Å². The van der Waals surface area contributed by atoms with Gasteiger partial charge in [-0.1, -0.05) is 36.4 Å². The van der Waals surface area contributed by atoms with Crippen LogP contribution in [0.4, 0.5) is 11.5 Å². The number of fused-ring (bicyclic) bond motifs is 1. The van der Waals surface area contributed by atoms with Crippen molar-refractivity contribution in [3.8, 4) is 22.9 Å². The Morgan fingerprint density at radius 3 is 2.77 bits per heavy atom. The highest BCUT2D eigenvalue weighted by atomic mass is 35.5. The summed E-state index contributed by atoms with van der Waals surface area (Å²) in [5, 5.41) is 14.6. The Morgan fingerprint density at radius 2 is 2.08 bits per heavy atom. The highest BCUT2D eigenvalue weighted by Crippen LogP contribution is 2.36. The van der Waals surface area contributed by atoms with E-state index in [0.717, 1.165) is 27.6 Å². The van der Waals surface area contributed by atoms with E-state index in [1.54, 1.807) is 19.4 Å². The molecule has 0 saturated heterocycles. The highest BCUT2D eigenvalue weighted by Gasteiger charge is 2.11. The summed E-state index contributed by atoms with van der Waals surface area (Å²) in [5.74, 6) is 0.990. The van der Waals surface area contributed by atoms with Crippen LogP contribution in [0, 0.1) is 11.3 Å². The molecule has 1 heterocycles. The summed E-state index contributed by atoms with van der Waals surface area (Å²) in [6.07, 6.45) is 1.69. The van der Waals surface area contributed by atoms with Crippen LogP contribution in [0.25, 0.3) is 21.9 Å². The fraction of sp³-hybridized carbons (Fsp3) is 0.100. The zero-order valence-electron chi connectivity index (χ0n) is 14.2. The monoisotopic (exact) mass is 364 g/mol. The molecule has 0 aliphatic heterocycles. The van der Waals surface area contributed by atoms with Gasteiger partial charge in [-0.15, -0.1) is 0 Å². The van der Waals surface area contributed by atoms with Crippen LogP contribution in [0.1, 0.15) is 0 Å². The van der Waals surface area contributed by atoms with Gasteiger partial charge in [-0.3, -0.25) is 0 Å². The lowest BCUT2D eigenvalue weighted by atomic mass is 10.0. The Balaban J connectivity index is 2.13. The third kappa shape index (κ3) is 3.41. The van der Waals surface area contributed by atoms with Gasteiger partial charge in [0.25, 0.3) is 0 Å². The molecule has 0 atom stereocenters. The molecule has 2 aromatic carbocycles. The lowest BCUT2D eigenvalue weighted by Crippen LogP contribution is -2.05. The summed E-state index contributed by atoms with van der Waals surface area (Å²) < 4.78 is 5.47. The first kappa shape index (κ1) is 17.6. The standard InChI is InChI=1S/C20H17ClN4O/c1-12(9-22)10-24-19-16-7-14(15-8-17(21)20(23)25-11-15)4-3-13(16)5-6-18(19)26-2/h3-8,11,24H,1,10H2,2H3,(H2,23,25). The van der Waals surface area contributed by atoms with Gasteiger partial charge >= 0.3 is 0 Å². The third-order valence-electron chi connectivity index (χ3n) is 4.04. The molecular weight excluding hydrogens is 348 g/mol. The third-order valence-corrected chi connectivity index (χ3v) is 4.35. The van der Waals surface area contributed by atoms with Gasteiger partial charge in [0.15, 0.2) is 0 Å². The normalized spacial score (nSPS) is 10.3. The Morgan fingerprint density at radius 1 is 1.31 bits per heavy atom. The molecule has 3 aromatic rings. The van der Waals surface area contributed by atoms with Gasteiger partial charge in [0.1, 0.15) is 11.6 Å². The van der Waals surface area contributed by atoms with E-state index in [0.29, 0.717) is 28.7 Å². The van der Waals surface area contributed by atoms with Gasteiger partial charge in [0.2, 0.25) is 0 Å². The van der Waals surface area contributed by atoms with Gasteiger partial charge in [0.05, 0.1) is 23.9 Å². The van der Waals surface area contributed by atoms with E-state index in [1.165, 1.54) is 0 Å². The predicted octanol–water partition coefficient (Wildman–Crippen LogP) is 4.64. The van der Waals surface area contributed by atoms with Gasteiger partial charge in [-0.2, -0.15) is 5.26 Å². The second kappa shape index (κ2) is 7.34. The van der Waals surface area contributed by atoms with Gasteiger partial charge < -0.3 is 15.8 Å². The number of nitrogens with two attached hydrogens (primary N) is 1. The number of nitrogens with zero attached hydrogens (tertiary/aromatic N) is 2. The quantitative estimate of drug-likeness (QED) is 0.644. The zero-order chi connectivity index (χ0) is 18.7. The van der Waals surface area contributed by atoms with E-state index in [4.69, 9.17) is 27.3 Å². The smallest absolute Gasteiger partial charge is 0.142 e. The molecule has 26 heavy (non-hydrogen) atoms. The minimum atomic E-state index is 0.301. The number of hydrogen-bond acceptors (Lipinski definition) is 5. The molecule has 5 nitrogen and oxygen atoms in total. The van der Waals surface area contributed by atoms with Crippen molar-refractivity contribution in [1.82, 2.24) is 4.98 Å². The lowest BCUT2D eigenvalue weighted by molar-refractivity contribution is 0.417. The van der Waals surface area contributed by atoms with Gasteiger partial charge in [-0.05, 0) is 29.1 Å². The number of rotatable bonds is 5. The summed E-state index contributed by atoms with van der Waals surface area (Å²) >= 11 is 6.10. The van der Waals surface area contributed by atoms with Gasteiger partial charge in [0, 0.05) is 29.3 Å². The molecule has 0 amide bonds. The number of pyridine rings is 1. The van der Waals surface area contributed by atoms with Crippen LogP contribution >= 0.6 is 11.6 Å². The first-order valence-corrected chi connectivity index (χ1v) is 8.25. The number of ether oxygens (including phenoxy) is 1.